The van der Waals surface area contributed by atoms with E-state index in [1.54, 1.807) is 20.8 Å². The van der Waals surface area contributed by atoms with Crippen molar-refractivity contribution in [1.29, 1.82) is 0 Å². The van der Waals surface area contributed by atoms with E-state index in [4.69, 9.17) is 10.2 Å². The lowest BCUT2D eigenvalue weighted by atomic mass is 10.3. The van der Waals surface area contributed by atoms with Crippen LogP contribution in [0.2, 0.25) is 0 Å². The first-order valence-electron chi connectivity index (χ1n) is 5.05. The number of nitrogen functional groups attached to an aromatic ring is 1. The zero-order chi connectivity index (χ0) is 12.6. The summed E-state index contributed by atoms with van der Waals surface area (Å²) in [6, 6.07) is 0. The van der Waals surface area contributed by atoms with E-state index in [-0.39, 0.29) is 5.76 Å². The minimum atomic E-state index is -0.415. The summed E-state index contributed by atoms with van der Waals surface area (Å²) in [4.78, 5) is 15.9. The van der Waals surface area contributed by atoms with Crippen molar-refractivity contribution in [3.05, 3.63) is 23.0 Å². The molecule has 0 atom stereocenters. The normalized spacial score (nSPS) is 10.5. The highest BCUT2D eigenvalue weighted by atomic mass is 16.4. The van der Waals surface area contributed by atoms with Gasteiger partial charge in [-0.15, -0.1) is 0 Å². The number of aromatic amines is 1. The fourth-order valence-electron chi connectivity index (χ4n) is 1.44. The van der Waals surface area contributed by atoms with Gasteiger partial charge in [0.25, 0.3) is 5.91 Å². The van der Waals surface area contributed by atoms with Gasteiger partial charge in [0.1, 0.15) is 0 Å². The van der Waals surface area contributed by atoms with Crippen LogP contribution in [-0.2, 0) is 0 Å². The molecule has 0 saturated carbocycles. The number of anilines is 2. The number of H-pyrrole nitrogens is 1. The van der Waals surface area contributed by atoms with Crippen molar-refractivity contribution in [3.63, 3.8) is 0 Å². The van der Waals surface area contributed by atoms with Crippen LogP contribution in [0.1, 0.15) is 27.8 Å². The molecule has 0 aliphatic rings. The molecule has 2 rings (SSSR count). The predicted molar refractivity (Wildman–Crippen MR) is 61.7 cm³/mol. The second kappa shape index (κ2) is 3.93. The van der Waals surface area contributed by atoms with Crippen LogP contribution >= 0.6 is 0 Å². The van der Waals surface area contributed by atoms with Crippen molar-refractivity contribution >= 4 is 17.4 Å². The lowest BCUT2D eigenvalue weighted by Crippen LogP contribution is -2.13. The molecule has 0 aliphatic heterocycles. The van der Waals surface area contributed by atoms with Gasteiger partial charge < -0.3 is 15.5 Å². The first-order chi connectivity index (χ1) is 7.99. The standard InChI is InChI=1S/C10H13N5O2/c1-4-7(11)9(15-14-4)13-10(16)8-5(2)12-6(3)17-8/h11H2,1-3H3,(H2,13,14,15,16). The van der Waals surface area contributed by atoms with E-state index in [9.17, 15) is 4.79 Å². The third-order valence-electron chi connectivity index (χ3n) is 2.34. The number of amides is 1. The van der Waals surface area contributed by atoms with Gasteiger partial charge in [0.05, 0.1) is 17.1 Å². The molecule has 0 saturated heterocycles. The van der Waals surface area contributed by atoms with Gasteiger partial charge >= 0.3 is 0 Å². The van der Waals surface area contributed by atoms with Crippen LogP contribution in [0.15, 0.2) is 4.42 Å². The molecule has 0 aromatic carbocycles. The number of nitrogens with zero attached hydrogens (tertiary/aromatic N) is 2. The molecule has 7 nitrogen and oxygen atoms in total. The molecule has 2 heterocycles. The zero-order valence-corrected chi connectivity index (χ0v) is 9.79. The minimum Gasteiger partial charge on any atom is -0.436 e. The topological polar surface area (TPSA) is 110 Å². The zero-order valence-electron chi connectivity index (χ0n) is 9.79. The Balaban J connectivity index is 2.23. The number of nitrogens with two attached hydrogens (primary N) is 1. The number of aryl methyl sites for hydroxylation is 3. The van der Waals surface area contributed by atoms with Crippen LogP contribution in [0.25, 0.3) is 0 Å². The smallest absolute Gasteiger partial charge is 0.294 e. The van der Waals surface area contributed by atoms with Crippen LogP contribution in [0, 0.1) is 20.8 Å². The Bertz CT molecular complexity index is 569. The minimum absolute atomic E-state index is 0.169. The molecule has 2 aromatic heterocycles. The Kier molecular flexibility index (Phi) is 2.58. The summed E-state index contributed by atoms with van der Waals surface area (Å²) in [6.07, 6.45) is 0. The molecule has 17 heavy (non-hydrogen) atoms. The summed E-state index contributed by atoms with van der Waals surface area (Å²) in [7, 11) is 0. The van der Waals surface area contributed by atoms with Gasteiger partial charge in [0.2, 0.25) is 5.76 Å². The molecule has 0 radical (unpaired) electrons. The van der Waals surface area contributed by atoms with E-state index < -0.39 is 5.91 Å². The third-order valence-corrected chi connectivity index (χ3v) is 2.34. The Hall–Kier alpha value is -2.31. The van der Waals surface area contributed by atoms with Gasteiger partial charge in [-0.1, -0.05) is 0 Å². The first kappa shape index (κ1) is 11.2. The van der Waals surface area contributed by atoms with Gasteiger partial charge in [0, 0.05) is 6.92 Å². The summed E-state index contributed by atoms with van der Waals surface area (Å²) in [5, 5.41) is 9.11. The first-order valence-corrected chi connectivity index (χ1v) is 5.05. The maximum Gasteiger partial charge on any atom is 0.294 e. The molecule has 0 spiro atoms. The monoisotopic (exact) mass is 235 g/mol. The highest BCUT2D eigenvalue weighted by molar-refractivity contribution is 6.03. The molecule has 90 valence electrons. The number of aromatic nitrogens is 3. The Morgan fingerprint density at radius 3 is 2.59 bits per heavy atom. The largest absolute Gasteiger partial charge is 0.436 e. The van der Waals surface area contributed by atoms with Crippen molar-refractivity contribution in [1.82, 2.24) is 15.2 Å². The summed E-state index contributed by atoms with van der Waals surface area (Å²) in [6.45, 7) is 5.14. The van der Waals surface area contributed by atoms with E-state index >= 15 is 0 Å². The predicted octanol–water partition coefficient (Wildman–Crippen LogP) is 1.16. The fourth-order valence-corrected chi connectivity index (χ4v) is 1.44. The highest BCUT2D eigenvalue weighted by Gasteiger charge is 2.18. The van der Waals surface area contributed by atoms with E-state index in [0.717, 1.165) is 0 Å². The number of hydrogen-bond donors (Lipinski definition) is 3. The van der Waals surface area contributed by atoms with Gasteiger partial charge in [0.15, 0.2) is 11.7 Å². The van der Waals surface area contributed by atoms with Crippen molar-refractivity contribution in [2.75, 3.05) is 11.1 Å². The van der Waals surface area contributed by atoms with Crippen molar-refractivity contribution in [2.45, 2.75) is 20.8 Å². The second-order valence-electron chi connectivity index (χ2n) is 3.71. The van der Waals surface area contributed by atoms with Gasteiger partial charge in [-0.05, 0) is 13.8 Å². The van der Waals surface area contributed by atoms with Crippen molar-refractivity contribution in [3.8, 4) is 0 Å². The number of hydrogen-bond acceptors (Lipinski definition) is 5. The number of oxazole rings is 1. The lowest BCUT2D eigenvalue weighted by Gasteiger charge is -2.00. The van der Waals surface area contributed by atoms with E-state index in [0.29, 0.717) is 28.8 Å². The molecule has 7 heteroatoms. The molecular formula is C10H13N5O2. The molecule has 4 N–H and O–H groups in total. The molecule has 0 fully saturated rings. The number of rotatable bonds is 2. The summed E-state index contributed by atoms with van der Waals surface area (Å²) >= 11 is 0. The molecule has 1 amide bonds. The Morgan fingerprint density at radius 2 is 2.12 bits per heavy atom. The van der Waals surface area contributed by atoms with Crippen LogP contribution < -0.4 is 11.1 Å². The Labute approximate surface area is 97.4 Å². The lowest BCUT2D eigenvalue weighted by molar-refractivity contribution is 0.0994. The third kappa shape index (κ3) is 1.99. The number of nitrogens with one attached hydrogen (secondary N) is 2. The van der Waals surface area contributed by atoms with E-state index in [1.807, 2.05) is 0 Å². The number of carbonyl (C=O) groups excluding carboxylic acids is 1. The maximum atomic E-state index is 11.9. The average Bonchev–Trinajstić information content (AvgIpc) is 2.75. The Morgan fingerprint density at radius 1 is 1.41 bits per heavy atom. The number of carbonyl (C=O) groups is 1. The second-order valence-corrected chi connectivity index (χ2v) is 3.71. The maximum absolute atomic E-state index is 11.9. The SMILES string of the molecule is Cc1nc(C)c(C(=O)Nc2n[nH]c(C)c2N)o1. The van der Waals surface area contributed by atoms with Crippen LogP contribution in [-0.4, -0.2) is 21.1 Å². The molecule has 0 aliphatic carbocycles. The van der Waals surface area contributed by atoms with Gasteiger partial charge in [-0.25, -0.2) is 4.98 Å². The van der Waals surface area contributed by atoms with E-state index in [1.165, 1.54) is 0 Å². The van der Waals surface area contributed by atoms with Crippen LogP contribution in [0.4, 0.5) is 11.5 Å². The van der Waals surface area contributed by atoms with Crippen LogP contribution in [0.3, 0.4) is 0 Å². The van der Waals surface area contributed by atoms with Crippen molar-refractivity contribution < 1.29 is 9.21 Å². The quantitative estimate of drug-likeness (QED) is 0.723. The summed E-state index contributed by atoms with van der Waals surface area (Å²) in [5.74, 6) is 0.489. The van der Waals surface area contributed by atoms with Crippen LogP contribution in [0.5, 0.6) is 0 Å². The molecular weight excluding hydrogens is 222 g/mol. The fraction of sp³-hybridized carbons (Fsp3) is 0.300. The van der Waals surface area contributed by atoms with E-state index in [2.05, 4.69) is 20.5 Å². The van der Waals surface area contributed by atoms with Gasteiger partial charge in [-0.2, -0.15) is 5.10 Å². The van der Waals surface area contributed by atoms with Crippen molar-refractivity contribution in [2.24, 2.45) is 0 Å². The highest BCUT2D eigenvalue weighted by Crippen LogP contribution is 2.19. The average molecular weight is 235 g/mol. The summed E-state index contributed by atoms with van der Waals surface area (Å²) in [5.41, 5.74) is 7.36. The van der Waals surface area contributed by atoms with Gasteiger partial charge in [-0.3, -0.25) is 9.89 Å². The molecule has 2 aromatic rings. The molecule has 0 bridgehead atoms. The summed E-state index contributed by atoms with van der Waals surface area (Å²) < 4.78 is 5.19. The molecule has 0 unspecified atom stereocenters.